The Morgan fingerprint density at radius 2 is 1.83 bits per heavy atom. The van der Waals surface area contributed by atoms with Crippen LogP contribution in [-0.4, -0.2) is 31.1 Å². The summed E-state index contributed by atoms with van der Waals surface area (Å²) >= 11 is 0. The maximum absolute atomic E-state index is 12.4. The first-order valence-electron chi connectivity index (χ1n) is 7.56. The number of hydrogen-bond donors (Lipinski definition) is 1. The number of H-pyrrole nitrogens is 1. The number of hydrogen-bond acceptors (Lipinski definition) is 4. The normalized spacial score (nSPS) is 15.7. The highest BCUT2D eigenvalue weighted by Gasteiger charge is 2.50. The van der Waals surface area contributed by atoms with Gasteiger partial charge in [0.05, 0.1) is 14.2 Å². The molecule has 0 saturated heterocycles. The van der Waals surface area contributed by atoms with Crippen molar-refractivity contribution in [2.45, 2.75) is 19.8 Å². The number of fused-ring (bicyclic) bond motifs is 3. The molecule has 0 saturated carbocycles. The SMILES string of the molecule is CCC1=CC(C(=O)OC)(C(=O)OC)Cc2[nH]c3ccccc3c21. The molecule has 1 N–H and O–H groups in total. The van der Waals surface area contributed by atoms with Crippen LogP contribution in [0.3, 0.4) is 0 Å². The van der Waals surface area contributed by atoms with Gasteiger partial charge in [-0.15, -0.1) is 0 Å². The van der Waals surface area contributed by atoms with E-state index in [1.54, 1.807) is 6.08 Å². The number of carbonyl (C=O) groups is 2. The van der Waals surface area contributed by atoms with Crippen molar-refractivity contribution in [2.24, 2.45) is 5.41 Å². The van der Waals surface area contributed by atoms with Gasteiger partial charge < -0.3 is 14.5 Å². The molecule has 0 fully saturated rings. The molecule has 2 aromatic rings. The number of benzene rings is 1. The van der Waals surface area contributed by atoms with Crippen molar-refractivity contribution >= 4 is 28.4 Å². The zero-order chi connectivity index (χ0) is 16.6. The molecule has 5 nitrogen and oxygen atoms in total. The van der Waals surface area contributed by atoms with Crippen molar-refractivity contribution in [1.82, 2.24) is 4.98 Å². The summed E-state index contributed by atoms with van der Waals surface area (Å²) in [5.41, 5.74) is 2.44. The maximum Gasteiger partial charge on any atom is 0.327 e. The minimum absolute atomic E-state index is 0.208. The third-order valence-electron chi connectivity index (χ3n) is 4.46. The summed E-state index contributed by atoms with van der Waals surface area (Å²) in [6, 6.07) is 7.95. The van der Waals surface area contributed by atoms with E-state index in [0.717, 1.165) is 27.7 Å². The van der Waals surface area contributed by atoms with Gasteiger partial charge in [0.25, 0.3) is 0 Å². The number of nitrogens with one attached hydrogen (secondary N) is 1. The molecule has 1 aromatic heterocycles. The second kappa shape index (κ2) is 5.57. The molecule has 0 aliphatic heterocycles. The molecule has 0 unspecified atom stereocenters. The van der Waals surface area contributed by atoms with Crippen LogP contribution >= 0.6 is 0 Å². The van der Waals surface area contributed by atoms with E-state index >= 15 is 0 Å². The lowest BCUT2D eigenvalue weighted by molar-refractivity contribution is -0.165. The van der Waals surface area contributed by atoms with Crippen molar-refractivity contribution in [3.63, 3.8) is 0 Å². The van der Waals surface area contributed by atoms with E-state index in [-0.39, 0.29) is 6.42 Å². The van der Waals surface area contributed by atoms with E-state index in [9.17, 15) is 9.59 Å². The minimum Gasteiger partial charge on any atom is -0.468 e. The summed E-state index contributed by atoms with van der Waals surface area (Å²) in [5, 5.41) is 1.10. The predicted octanol–water partition coefficient (Wildman–Crippen LogP) is 2.85. The molecule has 1 aromatic carbocycles. The highest BCUT2D eigenvalue weighted by Crippen LogP contribution is 2.43. The van der Waals surface area contributed by atoms with Gasteiger partial charge in [-0.05, 0) is 18.1 Å². The quantitative estimate of drug-likeness (QED) is 0.699. The van der Waals surface area contributed by atoms with Crippen molar-refractivity contribution in [3.05, 3.63) is 41.6 Å². The van der Waals surface area contributed by atoms with Crippen LogP contribution in [0.25, 0.3) is 16.5 Å². The van der Waals surface area contributed by atoms with Crippen molar-refractivity contribution in [1.29, 1.82) is 0 Å². The summed E-state index contributed by atoms with van der Waals surface area (Å²) in [6.07, 6.45) is 2.62. The zero-order valence-corrected chi connectivity index (χ0v) is 13.4. The number of ether oxygens (including phenoxy) is 2. The molecular weight excluding hydrogens is 294 g/mol. The topological polar surface area (TPSA) is 68.4 Å². The van der Waals surface area contributed by atoms with Crippen molar-refractivity contribution in [2.75, 3.05) is 14.2 Å². The lowest BCUT2D eigenvalue weighted by Gasteiger charge is -2.30. The first-order chi connectivity index (χ1) is 11.1. The lowest BCUT2D eigenvalue weighted by atomic mass is 9.74. The molecule has 23 heavy (non-hydrogen) atoms. The fraction of sp³-hybridized carbons (Fsp3) is 0.333. The van der Waals surface area contributed by atoms with Crippen LogP contribution in [0.2, 0.25) is 0 Å². The van der Waals surface area contributed by atoms with Crippen LogP contribution < -0.4 is 0 Å². The lowest BCUT2D eigenvalue weighted by Crippen LogP contribution is -2.43. The van der Waals surface area contributed by atoms with Crippen LogP contribution in [0.5, 0.6) is 0 Å². The Morgan fingerprint density at radius 3 is 2.43 bits per heavy atom. The smallest absolute Gasteiger partial charge is 0.327 e. The number of rotatable bonds is 3. The second-order valence-electron chi connectivity index (χ2n) is 5.68. The van der Waals surface area contributed by atoms with E-state index < -0.39 is 17.4 Å². The summed E-state index contributed by atoms with van der Waals surface area (Å²) < 4.78 is 9.80. The van der Waals surface area contributed by atoms with Crippen LogP contribution in [-0.2, 0) is 25.5 Å². The Kier molecular flexibility index (Phi) is 3.72. The number of methoxy groups -OCH3 is 2. The Morgan fingerprint density at radius 1 is 1.17 bits per heavy atom. The third kappa shape index (κ3) is 2.15. The van der Waals surface area contributed by atoms with Gasteiger partial charge in [-0.25, -0.2) is 0 Å². The molecule has 0 spiro atoms. The molecular formula is C18H19NO4. The minimum atomic E-state index is -1.43. The number of carbonyl (C=O) groups excluding carboxylic acids is 2. The van der Waals surface area contributed by atoms with Gasteiger partial charge in [0, 0.05) is 28.6 Å². The Balaban J connectivity index is 2.26. The number of aromatic amines is 1. The second-order valence-corrected chi connectivity index (χ2v) is 5.68. The number of para-hydroxylation sites is 1. The Bertz CT molecular complexity index is 800. The fourth-order valence-corrected chi connectivity index (χ4v) is 3.39. The van der Waals surface area contributed by atoms with Gasteiger partial charge >= 0.3 is 11.9 Å². The Labute approximate surface area is 134 Å². The molecule has 1 heterocycles. The molecule has 5 heteroatoms. The van der Waals surface area contributed by atoms with Crippen LogP contribution in [0.1, 0.15) is 24.6 Å². The zero-order valence-electron chi connectivity index (χ0n) is 13.4. The molecule has 3 rings (SSSR count). The van der Waals surface area contributed by atoms with Crippen LogP contribution in [0, 0.1) is 5.41 Å². The highest BCUT2D eigenvalue weighted by molar-refractivity contribution is 6.07. The summed E-state index contributed by atoms with van der Waals surface area (Å²) in [4.78, 5) is 28.1. The monoisotopic (exact) mass is 313 g/mol. The molecule has 0 bridgehead atoms. The third-order valence-corrected chi connectivity index (χ3v) is 4.46. The highest BCUT2D eigenvalue weighted by atomic mass is 16.5. The largest absolute Gasteiger partial charge is 0.468 e. The summed E-state index contributed by atoms with van der Waals surface area (Å²) in [7, 11) is 2.57. The maximum atomic E-state index is 12.4. The predicted molar refractivity (Wildman–Crippen MR) is 86.7 cm³/mol. The van der Waals surface area contributed by atoms with Gasteiger partial charge in [0.2, 0.25) is 0 Å². The summed E-state index contributed by atoms with van der Waals surface area (Å²) in [6.45, 7) is 2.00. The van der Waals surface area contributed by atoms with Crippen LogP contribution in [0.15, 0.2) is 30.3 Å². The van der Waals surface area contributed by atoms with Crippen LogP contribution in [0.4, 0.5) is 0 Å². The number of aromatic nitrogens is 1. The standard InChI is InChI=1S/C18H19NO4/c1-4-11-9-18(16(20)22-2,17(21)23-3)10-14-15(11)12-7-5-6-8-13(12)19-14/h5-9,19H,4,10H2,1-3H3. The first kappa shape index (κ1) is 15.3. The van der Waals surface area contributed by atoms with E-state index in [1.807, 2.05) is 31.2 Å². The molecule has 0 atom stereocenters. The van der Waals surface area contributed by atoms with Crippen molar-refractivity contribution < 1.29 is 19.1 Å². The number of esters is 2. The van der Waals surface area contributed by atoms with Gasteiger partial charge in [-0.2, -0.15) is 0 Å². The first-order valence-corrected chi connectivity index (χ1v) is 7.56. The van der Waals surface area contributed by atoms with Gasteiger partial charge in [0.1, 0.15) is 0 Å². The molecule has 120 valence electrons. The molecule has 1 aliphatic rings. The van der Waals surface area contributed by atoms with E-state index in [4.69, 9.17) is 9.47 Å². The molecule has 0 amide bonds. The average Bonchev–Trinajstić information content (AvgIpc) is 2.97. The van der Waals surface area contributed by atoms with Crippen molar-refractivity contribution in [3.8, 4) is 0 Å². The van der Waals surface area contributed by atoms with E-state index in [2.05, 4.69) is 4.98 Å². The molecule has 0 radical (unpaired) electrons. The van der Waals surface area contributed by atoms with Gasteiger partial charge in [-0.3, -0.25) is 9.59 Å². The van der Waals surface area contributed by atoms with Gasteiger partial charge in [-0.1, -0.05) is 31.2 Å². The van der Waals surface area contributed by atoms with Gasteiger partial charge in [0.15, 0.2) is 5.41 Å². The summed E-state index contributed by atoms with van der Waals surface area (Å²) in [5.74, 6) is -1.20. The average molecular weight is 313 g/mol. The van der Waals surface area contributed by atoms with E-state index in [0.29, 0.717) is 6.42 Å². The molecule has 1 aliphatic carbocycles. The fourth-order valence-electron chi connectivity index (χ4n) is 3.39. The number of allylic oxidation sites excluding steroid dienone is 1. The Hall–Kier alpha value is -2.56. The van der Waals surface area contributed by atoms with E-state index in [1.165, 1.54) is 14.2 Å².